The van der Waals surface area contributed by atoms with E-state index in [0.717, 1.165) is 33.5 Å². The van der Waals surface area contributed by atoms with Gasteiger partial charge in [-0.05, 0) is 43.2 Å². The number of nitrogens with one attached hydrogen (secondary N) is 1. The van der Waals surface area contributed by atoms with Gasteiger partial charge in [0.25, 0.3) is 0 Å². The summed E-state index contributed by atoms with van der Waals surface area (Å²) in [7, 11) is 1.65. The van der Waals surface area contributed by atoms with E-state index in [4.69, 9.17) is 21.1 Å². The summed E-state index contributed by atoms with van der Waals surface area (Å²) in [5.74, 6) is 1.48. The van der Waals surface area contributed by atoms with Crippen molar-refractivity contribution >= 4 is 27.5 Å². The minimum atomic E-state index is 0.434. The van der Waals surface area contributed by atoms with Crippen LogP contribution in [-0.4, -0.2) is 13.2 Å². The van der Waals surface area contributed by atoms with Crippen molar-refractivity contribution in [3.63, 3.8) is 0 Å². The van der Waals surface area contributed by atoms with E-state index in [-0.39, 0.29) is 0 Å². The fourth-order valence-electron chi connectivity index (χ4n) is 2.27. The molecule has 0 radical (unpaired) electrons. The van der Waals surface area contributed by atoms with Crippen LogP contribution in [-0.2, 0) is 13.2 Å². The maximum atomic E-state index is 6.09. The van der Waals surface area contributed by atoms with Crippen molar-refractivity contribution in [2.24, 2.45) is 0 Å². The lowest BCUT2D eigenvalue weighted by Crippen LogP contribution is -2.25. The molecule has 0 amide bonds. The van der Waals surface area contributed by atoms with E-state index in [0.29, 0.717) is 24.2 Å². The quantitative estimate of drug-likeness (QED) is 0.614. The zero-order valence-corrected chi connectivity index (χ0v) is 16.6. The van der Waals surface area contributed by atoms with Crippen LogP contribution in [0.4, 0.5) is 0 Å². The van der Waals surface area contributed by atoms with Gasteiger partial charge in [0, 0.05) is 27.6 Å². The number of benzene rings is 2. The molecule has 0 saturated carbocycles. The number of methoxy groups -OCH3 is 1. The van der Waals surface area contributed by atoms with Crippen LogP contribution < -0.4 is 14.8 Å². The highest BCUT2D eigenvalue weighted by Crippen LogP contribution is 2.37. The molecular weight excluding hydrogens is 390 g/mol. The predicted molar refractivity (Wildman–Crippen MR) is 103 cm³/mol. The maximum absolute atomic E-state index is 6.09. The summed E-state index contributed by atoms with van der Waals surface area (Å²) in [5, 5.41) is 4.21. The first-order valence-corrected chi connectivity index (χ1v) is 9.18. The van der Waals surface area contributed by atoms with Gasteiger partial charge in [0.05, 0.1) is 7.11 Å². The topological polar surface area (TPSA) is 30.5 Å². The highest BCUT2D eigenvalue weighted by atomic mass is 79.9. The molecule has 0 aliphatic heterocycles. The Bertz CT molecular complexity index is 678. The van der Waals surface area contributed by atoms with Crippen molar-refractivity contribution < 1.29 is 9.47 Å². The summed E-state index contributed by atoms with van der Waals surface area (Å²) in [6, 6.07) is 12.0. The smallest absolute Gasteiger partial charge is 0.167 e. The van der Waals surface area contributed by atoms with Gasteiger partial charge in [-0.2, -0.15) is 0 Å². The van der Waals surface area contributed by atoms with Gasteiger partial charge in [0.15, 0.2) is 11.5 Å². The fraction of sp³-hybridized carbons (Fsp3) is 0.368. The van der Waals surface area contributed by atoms with E-state index < -0.39 is 0 Å². The first-order valence-electron chi connectivity index (χ1n) is 8.01. The summed E-state index contributed by atoms with van der Waals surface area (Å²) >= 11 is 9.67. The number of halogens is 2. The monoisotopic (exact) mass is 411 g/mol. The Balaban J connectivity index is 2.23. The van der Waals surface area contributed by atoms with Gasteiger partial charge in [0.2, 0.25) is 0 Å². The molecule has 0 aliphatic rings. The van der Waals surface area contributed by atoms with E-state index in [1.165, 1.54) is 0 Å². The van der Waals surface area contributed by atoms with Crippen molar-refractivity contribution in [2.45, 2.75) is 39.5 Å². The first kappa shape index (κ1) is 19.1. The van der Waals surface area contributed by atoms with Gasteiger partial charge in [-0.3, -0.25) is 0 Å². The molecule has 2 aromatic rings. The summed E-state index contributed by atoms with van der Waals surface area (Å²) in [4.78, 5) is 0. The minimum absolute atomic E-state index is 0.434. The third-order valence-corrected chi connectivity index (χ3v) is 4.88. The zero-order chi connectivity index (χ0) is 17.5. The van der Waals surface area contributed by atoms with Crippen LogP contribution in [0.1, 0.15) is 31.4 Å². The van der Waals surface area contributed by atoms with Crippen LogP contribution in [0.2, 0.25) is 5.02 Å². The Morgan fingerprint density at radius 3 is 2.71 bits per heavy atom. The molecule has 0 aliphatic carbocycles. The van der Waals surface area contributed by atoms with Crippen molar-refractivity contribution in [2.75, 3.05) is 7.11 Å². The number of hydrogen-bond acceptors (Lipinski definition) is 3. The van der Waals surface area contributed by atoms with E-state index >= 15 is 0 Å². The molecule has 130 valence electrons. The van der Waals surface area contributed by atoms with Crippen molar-refractivity contribution in [3.05, 3.63) is 57.0 Å². The van der Waals surface area contributed by atoms with Gasteiger partial charge in [-0.15, -0.1) is 0 Å². The van der Waals surface area contributed by atoms with Crippen LogP contribution in [0.15, 0.2) is 40.9 Å². The third kappa shape index (κ3) is 5.13. The van der Waals surface area contributed by atoms with Crippen molar-refractivity contribution in [1.82, 2.24) is 5.32 Å². The van der Waals surface area contributed by atoms with E-state index in [1.54, 1.807) is 7.11 Å². The number of ether oxygens (including phenoxy) is 2. The fourth-order valence-corrected chi connectivity index (χ4v) is 2.93. The van der Waals surface area contributed by atoms with Crippen molar-refractivity contribution in [3.8, 4) is 11.5 Å². The Kier molecular flexibility index (Phi) is 7.40. The number of rotatable bonds is 8. The molecule has 0 fully saturated rings. The van der Waals surface area contributed by atoms with Crippen LogP contribution in [0.5, 0.6) is 11.5 Å². The van der Waals surface area contributed by atoms with Crippen LogP contribution in [0.3, 0.4) is 0 Å². The third-order valence-electron chi connectivity index (χ3n) is 3.90. The molecule has 0 spiro atoms. The van der Waals surface area contributed by atoms with Crippen LogP contribution in [0.25, 0.3) is 0 Å². The zero-order valence-electron chi connectivity index (χ0n) is 14.2. The minimum Gasteiger partial charge on any atom is -0.493 e. The van der Waals surface area contributed by atoms with Crippen LogP contribution >= 0.6 is 27.5 Å². The Morgan fingerprint density at radius 1 is 1.25 bits per heavy atom. The molecule has 1 N–H and O–H groups in total. The molecule has 0 bridgehead atoms. The Labute approximate surface area is 157 Å². The Morgan fingerprint density at radius 2 is 2.04 bits per heavy atom. The molecule has 1 atom stereocenters. The lowest BCUT2D eigenvalue weighted by Gasteiger charge is -2.19. The van der Waals surface area contributed by atoms with Gasteiger partial charge in [-0.25, -0.2) is 0 Å². The van der Waals surface area contributed by atoms with Crippen LogP contribution in [0, 0.1) is 0 Å². The lowest BCUT2D eigenvalue weighted by atomic mass is 10.1. The summed E-state index contributed by atoms with van der Waals surface area (Å²) in [6.07, 6.45) is 1.07. The van der Waals surface area contributed by atoms with Gasteiger partial charge >= 0.3 is 0 Å². The molecule has 3 nitrogen and oxygen atoms in total. The average Bonchev–Trinajstić information content (AvgIpc) is 2.58. The molecule has 5 heteroatoms. The van der Waals surface area contributed by atoms with E-state index in [1.807, 2.05) is 36.4 Å². The number of hydrogen-bond donors (Lipinski definition) is 1. The lowest BCUT2D eigenvalue weighted by molar-refractivity contribution is 0.280. The maximum Gasteiger partial charge on any atom is 0.167 e. The van der Waals surface area contributed by atoms with Gasteiger partial charge in [0.1, 0.15) is 6.61 Å². The summed E-state index contributed by atoms with van der Waals surface area (Å²) < 4.78 is 12.6. The first-order chi connectivity index (χ1) is 11.5. The Hall–Kier alpha value is -1.23. The second kappa shape index (κ2) is 9.30. The molecule has 1 unspecified atom stereocenters. The van der Waals surface area contributed by atoms with E-state index in [9.17, 15) is 0 Å². The summed E-state index contributed by atoms with van der Waals surface area (Å²) in [5.41, 5.74) is 2.07. The van der Waals surface area contributed by atoms with Gasteiger partial charge < -0.3 is 14.8 Å². The SMILES string of the molecule is CCC(C)NCc1c(Br)ccc(OC)c1OCc1cccc(Cl)c1. The largest absolute Gasteiger partial charge is 0.493 e. The molecular formula is C19H23BrClNO2. The second-order valence-electron chi connectivity index (χ2n) is 5.67. The molecule has 2 rings (SSSR count). The van der Waals surface area contributed by atoms with E-state index in [2.05, 4.69) is 35.1 Å². The molecule has 0 heterocycles. The normalized spacial score (nSPS) is 12.0. The molecule has 0 aromatic heterocycles. The predicted octanol–water partition coefficient (Wildman–Crippen LogP) is 5.58. The second-order valence-corrected chi connectivity index (χ2v) is 6.96. The summed E-state index contributed by atoms with van der Waals surface area (Å²) in [6.45, 7) is 5.47. The average molecular weight is 413 g/mol. The van der Waals surface area contributed by atoms with Gasteiger partial charge in [-0.1, -0.05) is 46.6 Å². The van der Waals surface area contributed by atoms with Crippen molar-refractivity contribution in [1.29, 1.82) is 0 Å². The molecule has 2 aromatic carbocycles. The highest BCUT2D eigenvalue weighted by Gasteiger charge is 2.15. The molecule has 0 saturated heterocycles. The highest BCUT2D eigenvalue weighted by molar-refractivity contribution is 9.10. The standard InChI is InChI=1S/C19H23BrClNO2/c1-4-13(2)22-11-16-17(20)8-9-18(23-3)19(16)24-12-14-6-5-7-15(21)10-14/h5-10,13,22H,4,11-12H2,1-3H3. The molecule has 24 heavy (non-hydrogen) atoms.